The Balaban J connectivity index is 1.28. The third kappa shape index (κ3) is 4.77. The van der Waals surface area contributed by atoms with Gasteiger partial charge in [-0.25, -0.2) is 23.4 Å². The molecule has 1 aromatic carbocycles. The third-order valence-corrected chi connectivity index (χ3v) is 9.12. The van der Waals surface area contributed by atoms with Crippen LogP contribution in [0.15, 0.2) is 49.1 Å². The minimum absolute atomic E-state index is 0.123. The van der Waals surface area contributed by atoms with Gasteiger partial charge in [0.05, 0.1) is 23.6 Å². The molecule has 11 heteroatoms. The molecule has 1 saturated carbocycles. The first-order chi connectivity index (χ1) is 19.1. The van der Waals surface area contributed by atoms with Crippen molar-refractivity contribution >= 4 is 37.9 Å². The molecule has 0 unspecified atom stereocenters. The Hall–Kier alpha value is -4.04. The topological polar surface area (TPSA) is 130 Å². The number of nitrogens with one attached hydrogen (secondary N) is 1. The monoisotopic (exact) mass is 556 g/mol. The van der Waals surface area contributed by atoms with Gasteiger partial charge in [0.2, 0.25) is 0 Å². The highest BCUT2D eigenvalue weighted by Gasteiger charge is 2.46. The lowest BCUT2D eigenvalue weighted by Gasteiger charge is -2.48. The minimum Gasteiger partial charge on any atom is -0.368 e. The van der Waals surface area contributed by atoms with Gasteiger partial charge in [0.15, 0.2) is 5.82 Å². The molecule has 0 bridgehead atoms. The lowest BCUT2D eigenvalue weighted by molar-refractivity contribution is 0.342. The number of sulfone groups is 1. The van der Waals surface area contributed by atoms with Crippen LogP contribution in [0.4, 0.5) is 17.3 Å². The fourth-order valence-electron chi connectivity index (χ4n) is 5.54. The van der Waals surface area contributed by atoms with Crippen molar-refractivity contribution in [1.82, 2.24) is 24.7 Å². The van der Waals surface area contributed by atoms with Crippen LogP contribution in [0.2, 0.25) is 0 Å². The highest BCUT2D eigenvalue weighted by atomic mass is 32.2. The van der Waals surface area contributed by atoms with Crippen molar-refractivity contribution in [2.45, 2.75) is 51.1 Å². The summed E-state index contributed by atoms with van der Waals surface area (Å²) in [4.78, 5) is 16.1. The van der Waals surface area contributed by atoms with Crippen molar-refractivity contribution in [2.75, 3.05) is 28.8 Å². The zero-order valence-corrected chi connectivity index (χ0v) is 23.9. The van der Waals surface area contributed by atoms with Crippen LogP contribution >= 0.6 is 0 Å². The molecular formula is C29H32N8O2S. The van der Waals surface area contributed by atoms with Gasteiger partial charge in [-0.1, -0.05) is 19.9 Å². The Kier molecular flexibility index (Phi) is 6.26. The zero-order chi connectivity index (χ0) is 28.2. The fourth-order valence-corrected chi connectivity index (χ4v) is 6.70. The van der Waals surface area contributed by atoms with E-state index in [0.29, 0.717) is 29.9 Å². The van der Waals surface area contributed by atoms with Crippen LogP contribution in [0.3, 0.4) is 0 Å². The van der Waals surface area contributed by atoms with Crippen LogP contribution in [0.5, 0.6) is 0 Å². The van der Waals surface area contributed by atoms with E-state index < -0.39 is 15.4 Å². The molecule has 40 heavy (non-hydrogen) atoms. The van der Waals surface area contributed by atoms with Crippen LogP contribution in [-0.4, -0.2) is 57.7 Å². The quantitative estimate of drug-likeness (QED) is 0.330. The molecule has 6 rings (SSSR count). The number of aromatic nitrogens is 5. The molecule has 10 nitrogen and oxygen atoms in total. The van der Waals surface area contributed by atoms with Gasteiger partial charge in [-0.3, -0.25) is 4.68 Å². The van der Waals surface area contributed by atoms with E-state index in [1.807, 2.05) is 12.4 Å². The Morgan fingerprint density at radius 1 is 1.15 bits per heavy atom. The molecule has 4 heterocycles. The van der Waals surface area contributed by atoms with Crippen LogP contribution in [0.25, 0.3) is 22.2 Å². The zero-order valence-electron chi connectivity index (χ0n) is 23.0. The number of hydrogen-bond donors (Lipinski definition) is 1. The Morgan fingerprint density at radius 3 is 2.62 bits per heavy atom. The first-order valence-electron chi connectivity index (χ1n) is 13.5. The maximum atomic E-state index is 11.8. The molecule has 2 aliphatic rings. The summed E-state index contributed by atoms with van der Waals surface area (Å²) in [6, 6.07) is 10.6. The summed E-state index contributed by atoms with van der Waals surface area (Å²) in [7, 11) is -3.02. The average Bonchev–Trinajstić information content (AvgIpc) is 3.56. The minimum atomic E-state index is -3.02. The third-order valence-electron chi connectivity index (χ3n) is 8.09. The SMILES string of the molecule is CC(C)c1ccc(N2C[C@H](CS(C)(=O)=O)[C@H]2C)c2cnc(Nc3ccnc(-c4cnn(C5(C#N)CC5)c4)n3)cc12. The number of anilines is 3. The summed E-state index contributed by atoms with van der Waals surface area (Å²) in [6.07, 6.45) is 10.0. The summed E-state index contributed by atoms with van der Waals surface area (Å²) in [6.45, 7) is 7.14. The number of benzene rings is 1. The molecule has 1 saturated heterocycles. The molecule has 206 valence electrons. The summed E-state index contributed by atoms with van der Waals surface area (Å²) in [5.41, 5.74) is 2.51. The van der Waals surface area contributed by atoms with Gasteiger partial charge in [-0.15, -0.1) is 0 Å². The molecule has 1 aliphatic carbocycles. The molecule has 2 atom stereocenters. The summed E-state index contributed by atoms with van der Waals surface area (Å²) in [5, 5.41) is 19.3. The Bertz CT molecular complexity index is 1750. The molecule has 1 N–H and O–H groups in total. The van der Waals surface area contributed by atoms with Crippen molar-refractivity contribution in [3.8, 4) is 17.5 Å². The van der Waals surface area contributed by atoms with Crippen LogP contribution in [0.1, 0.15) is 45.1 Å². The second-order valence-corrected chi connectivity index (χ2v) is 13.6. The Morgan fingerprint density at radius 2 is 1.95 bits per heavy atom. The lowest BCUT2D eigenvalue weighted by atomic mass is 9.88. The van der Waals surface area contributed by atoms with Crippen molar-refractivity contribution in [3.05, 3.63) is 54.6 Å². The number of hydrogen-bond acceptors (Lipinski definition) is 9. The smallest absolute Gasteiger partial charge is 0.164 e. The molecule has 4 aromatic rings. The predicted molar refractivity (Wildman–Crippen MR) is 155 cm³/mol. The molecule has 2 fully saturated rings. The van der Waals surface area contributed by atoms with E-state index in [4.69, 9.17) is 4.98 Å². The summed E-state index contributed by atoms with van der Waals surface area (Å²) in [5.74, 6) is 2.43. The van der Waals surface area contributed by atoms with Gasteiger partial charge in [0, 0.05) is 54.4 Å². The second-order valence-electron chi connectivity index (χ2n) is 11.4. The van der Waals surface area contributed by atoms with Gasteiger partial charge >= 0.3 is 0 Å². The molecule has 0 spiro atoms. The standard InChI is InChI=1S/C29H32N8O2S/c1-18(2)22-5-6-25(36-14-21(19(36)3)16-40(4,38)39)24-13-32-27(11-23(22)24)34-26-7-10-31-28(35-26)20-12-33-37(15-20)29(17-30)8-9-29/h5-7,10-13,15,18-19,21H,8-9,14,16H2,1-4H3,(H,31,32,34,35)/t19-,21-/m1/s1. The first-order valence-corrected chi connectivity index (χ1v) is 15.6. The van der Waals surface area contributed by atoms with Crippen LogP contribution < -0.4 is 10.2 Å². The lowest BCUT2D eigenvalue weighted by Crippen LogP contribution is -2.57. The molecule has 3 aromatic heterocycles. The van der Waals surface area contributed by atoms with Gasteiger partial charge in [-0.2, -0.15) is 10.4 Å². The van der Waals surface area contributed by atoms with Crippen molar-refractivity contribution in [2.24, 2.45) is 5.92 Å². The number of nitriles is 1. The number of nitrogens with zero attached hydrogens (tertiary/aromatic N) is 7. The van der Waals surface area contributed by atoms with E-state index in [1.54, 1.807) is 23.1 Å². The van der Waals surface area contributed by atoms with Crippen LogP contribution in [0, 0.1) is 17.2 Å². The van der Waals surface area contributed by atoms with Crippen molar-refractivity contribution in [1.29, 1.82) is 5.26 Å². The van der Waals surface area contributed by atoms with E-state index in [0.717, 1.165) is 34.9 Å². The first kappa shape index (κ1) is 26.2. The molecule has 0 amide bonds. The highest BCUT2D eigenvalue weighted by Crippen LogP contribution is 2.43. The number of fused-ring (bicyclic) bond motifs is 1. The van der Waals surface area contributed by atoms with Gasteiger partial charge < -0.3 is 10.2 Å². The van der Waals surface area contributed by atoms with E-state index in [-0.39, 0.29) is 17.7 Å². The second kappa shape index (κ2) is 9.55. The normalized spacial score (nSPS) is 19.9. The summed E-state index contributed by atoms with van der Waals surface area (Å²) >= 11 is 0. The maximum Gasteiger partial charge on any atom is 0.164 e. The number of pyridine rings is 1. The highest BCUT2D eigenvalue weighted by molar-refractivity contribution is 7.90. The van der Waals surface area contributed by atoms with Crippen molar-refractivity contribution < 1.29 is 8.42 Å². The van der Waals surface area contributed by atoms with Gasteiger partial charge in [0.1, 0.15) is 27.0 Å². The Labute approximate surface area is 234 Å². The predicted octanol–water partition coefficient (Wildman–Crippen LogP) is 4.64. The van der Waals surface area contributed by atoms with E-state index in [2.05, 4.69) is 70.3 Å². The average molecular weight is 557 g/mol. The largest absolute Gasteiger partial charge is 0.368 e. The van der Waals surface area contributed by atoms with E-state index in [1.165, 1.54) is 11.8 Å². The molecule has 0 radical (unpaired) electrons. The number of rotatable bonds is 8. The van der Waals surface area contributed by atoms with Gasteiger partial charge in [-0.05, 0) is 54.8 Å². The van der Waals surface area contributed by atoms with E-state index >= 15 is 0 Å². The fraction of sp³-hybridized carbons (Fsp3) is 0.414. The summed E-state index contributed by atoms with van der Waals surface area (Å²) < 4.78 is 25.4. The molecule has 1 aliphatic heterocycles. The van der Waals surface area contributed by atoms with E-state index in [9.17, 15) is 13.7 Å². The van der Waals surface area contributed by atoms with Crippen molar-refractivity contribution in [3.63, 3.8) is 0 Å². The van der Waals surface area contributed by atoms with Crippen LogP contribution in [-0.2, 0) is 15.4 Å². The maximum absolute atomic E-state index is 11.8. The van der Waals surface area contributed by atoms with Gasteiger partial charge in [0.25, 0.3) is 0 Å². The molecular weight excluding hydrogens is 524 g/mol.